The Bertz CT molecular complexity index is 221. The highest BCUT2D eigenvalue weighted by atomic mass is 16.6. The summed E-state index contributed by atoms with van der Waals surface area (Å²) in [6.07, 6.45) is 5.65. The molecule has 1 fully saturated rings. The number of rotatable bonds is 3. The summed E-state index contributed by atoms with van der Waals surface area (Å²) in [5, 5.41) is 0. The summed E-state index contributed by atoms with van der Waals surface area (Å²) in [5.74, 6) is 1.99. The van der Waals surface area contributed by atoms with Crippen molar-refractivity contribution in [1.29, 1.82) is 0 Å². The fourth-order valence-electron chi connectivity index (χ4n) is 1.30. The van der Waals surface area contributed by atoms with Gasteiger partial charge in [0.15, 0.2) is 0 Å². The van der Waals surface area contributed by atoms with E-state index >= 15 is 0 Å². The predicted molar refractivity (Wildman–Crippen MR) is 46.4 cm³/mol. The van der Waals surface area contributed by atoms with Crippen molar-refractivity contribution in [2.75, 3.05) is 13.2 Å². The highest BCUT2D eigenvalue weighted by Crippen LogP contribution is 2.20. The minimum Gasteiger partial charge on any atom is -0.378 e. The van der Waals surface area contributed by atoms with E-state index in [2.05, 4.69) is 11.4 Å². The van der Waals surface area contributed by atoms with Crippen LogP contribution in [0.4, 0.5) is 0 Å². The van der Waals surface area contributed by atoms with Gasteiger partial charge in [0.1, 0.15) is 6.61 Å². The summed E-state index contributed by atoms with van der Waals surface area (Å²) >= 11 is 0. The standard InChI is InChI=1S/C9H13NO3/c1-3-5-13-10-9(11)8-4-6-12-7(8)2/h1,7-8H,4-6H2,2H3,(H,10,11). The first kappa shape index (κ1) is 10.0. The Morgan fingerprint density at radius 3 is 3.15 bits per heavy atom. The van der Waals surface area contributed by atoms with E-state index in [0.717, 1.165) is 6.42 Å². The lowest BCUT2D eigenvalue weighted by Crippen LogP contribution is -2.34. The summed E-state index contributed by atoms with van der Waals surface area (Å²) in [7, 11) is 0. The van der Waals surface area contributed by atoms with E-state index in [9.17, 15) is 4.79 Å². The van der Waals surface area contributed by atoms with Crippen molar-refractivity contribution in [3.8, 4) is 12.3 Å². The summed E-state index contributed by atoms with van der Waals surface area (Å²) in [6.45, 7) is 2.60. The molecule has 0 aromatic heterocycles. The lowest BCUT2D eigenvalue weighted by molar-refractivity contribution is -0.138. The molecule has 2 atom stereocenters. The van der Waals surface area contributed by atoms with Crippen LogP contribution in [0.3, 0.4) is 0 Å². The number of hydrogen-bond acceptors (Lipinski definition) is 3. The van der Waals surface area contributed by atoms with Gasteiger partial charge >= 0.3 is 0 Å². The van der Waals surface area contributed by atoms with Crippen LogP contribution in [0.15, 0.2) is 0 Å². The molecule has 0 aliphatic carbocycles. The average molecular weight is 183 g/mol. The zero-order chi connectivity index (χ0) is 9.68. The second-order valence-corrected chi connectivity index (χ2v) is 2.93. The van der Waals surface area contributed by atoms with Gasteiger partial charge < -0.3 is 4.74 Å². The number of ether oxygens (including phenoxy) is 1. The Hall–Kier alpha value is -1.05. The molecule has 72 valence electrons. The fourth-order valence-corrected chi connectivity index (χ4v) is 1.30. The number of hydrogen-bond donors (Lipinski definition) is 1. The smallest absolute Gasteiger partial charge is 0.249 e. The Morgan fingerprint density at radius 1 is 1.85 bits per heavy atom. The maximum absolute atomic E-state index is 11.3. The first-order valence-electron chi connectivity index (χ1n) is 4.22. The molecule has 1 amide bonds. The Balaban J connectivity index is 2.27. The Morgan fingerprint density at radius 2 is 2.62 bits per heavy atom. The van der Waals surface area contributed by atoms with Crippen LogP contribution in [0.2, 0.25) is 0 Å². The normalized spacial score (nSPS) is 26.8. The highest BCUT2D eigenvalue weighted by molar-refractivity contribution is 5.78. The van der Waals surface area contributed by atoms with E-state index in [1.165, 1.54) is 0 Å². The molecule has 1 heterocycles. The van der Waals surface area contributed by atoms with Crippen LogP contribution in [0.1, 0.15) is 13.3 Å². The number of terminal acetylenes is 1. The number of hydroxylamine groups is 1. The number of nitrogens with one attached hydrogen (secondary N) is 1. The van der Waals surface area contributed by atoms with Crippen LogP contribution in [0.5, 0.6) is 0 Å². The van der Waals surface area contributed by atoms with Gasteiger partial charge in [-0.25, -0.2) is 5.48 Å². The first-order chi connectivity index (χ1) is 6.25. The molecule has 0 aromatic carbocycles. The molecule has 0 bridgehead atoms. The third kappa shape index (κ3) is 2.72. The van der Waals surface area contributed by atoms with E-state index < -0.39 is 0 Å². The summed E-state index contributed by atoms with van der Waals surface area (Å²) in [4.78, 5) is 16.1. The molecular weight excluding hydrogens is 170 g/mol. The molecule has 0 radical (unpaired) electrons. The zero-order valence-corrected chi connectivity index (χ0v) is 7.58. The van der Waals surface area contributed by atoms with E-state index in [0.29, 0.717) is 6.61 Å². The molecule has 1 aliphatic rings. The van der Waals surface area contributed by atoms with Crippen molar-refractivity contribution in [2.24, 2.45) is 5.92 Å². The summed E-state index contributed by atoms with van der Waals surface area (Å²) in [5.41, 5.74) is 2.29. The highest BCUT2D eigenvalue weighted by Gasteiger charge is 2.30. The van der Waals surface area contributed by atoms with Crippen LogP contribution in [-0.4, -0.2) is 25.2 Å². The second kappa shape index (κ2) is 4.85. The second-order valence-electron chi connectivity index (χ2n) is 2.93. The van der Waals surface area contributed by atoms with Gasteiger partial charge in [-0.15, -0.1) is 6.42 Å². The average Bonchev–Trinajstić information content (AvgIpc) is 2.52. The van der Waals surface area contributed by atoms with Gasteiger partial charge in [0.2, 0.25) is 5.91 Å². The van der Waals surface area contributed by atoms with Crippen molar-refractivity contribution < 1.29 is 14.4 Å². The van der Waals surface area contributed by atoms with Gasteiger partial charge in [-0.2, -0.15) is 0 Å². The van der Waals surface area contributed by atoms with Gasteiger partial charge in [0.25, 0.3) is 0 Å². The fraction of sp³-hybridized carbons (Fsp3) is 0.667. The van der Waals surface area contributed by atoms with Crippen LogP contribution in [-0.2, 0) is 14.4 Å². The van der Waals surface area contributed by atoms with Gasteiger partial charge in [0.05, 0.1) is 12.0 Å². The lowest BCUT2D eigenvalue weighted by atomic mass is 10.0. The quantitative estimate of drug-likeness (QED) is 0.383. The van der Waals surface area contributed by atoms with Crippen LogP contribution >= 0.6 is 0 Å². The lowest BCUT2D eigenvalue weighted by Gasteiger charge is -2.12. The number of amides is 1. The van der Waals surface area contributed by atoms with E-state index in [-0.39, 0.29) is 24.5 Å². The molecule has 0 aromatic rings. The van der Waals surface area contributed by atoms with Crippen molar-refractivity contribution in [1.82, 2.24) is 5.48 Å². The minimum atomic E-state index is -0.153. The molecule has 1 N–H and O–H groups in total. The topological polar surface area (TPSA) is 47.6 Å². The molecule has 4 nitrogen and oxygen atoms in total. The van der Waals surface area contributed by atoms with Gasteiger partial charge in [-0.05, 0) is 13.3 Å². The third-order valence-corrected chi connectivity index (χ3v) is 2.04. The van der Waals surface area contributed by atoms with Crippen LogP contribution < -0.4 is 5.48 Å². The van der Waals surface area contributed by atoms with Gasteiger partial charge in [-0.3, -0.25) is 9.63 Å². The van der Waals surface area contributed by atoms with Crippen molar-refractivity contribution >= 4 is 5.91 Å². The largest absolute Gasteiger partial charge is 0.378 e. The Labute approximate surface area is 77.5 Å². The SMILES string of the molecule is C#CCONC(=O)C1CCOC1C. The van der Waals surface area contributed by atoms with Crippen molar-refractivity contribution in [3.05, 3.63) is 0 Å². The molecule has 13 heavy (non-hydrogen) atoms. The van der Waals surface area contributed by atoms with Crippen molar-refractivity contribution in [2.45, 2.75) is 19.4 Å². The first-order valence-corrected chi connectivity index (χ1v) is 4.22. The number of carbonyl (C=O) groups excluding carboxylic acids is 1. The number of carbonyl (C=O) groups is 1. The summed E-state index contributed by atoms with van der Waals surface area (Å²) in [6, 6.07) is 0. The molecule has 4 heteroatoms. The van der Waals surface area contributed by atoms with Crippen LogP contribution in [0.25, 0.3) is 0 Å². The molecule has 0 saturated carbocycles. The van der Waals surface area contributed by atoms with Gasteiger partial charge in [-0.1, -0.05) is 5.92 Å². The molecule has 1 saturated heterocycles. The minimum absolute atomic E-state index is 0.0329. The van der Waals surface area contributed by atoms with E-state index in [4.69, 9.17) is 16.0 Å². The molecular formula is C9H13NO3. The molecule has 1 aliphatic heterocycles. The van der Waals surface area contributed by atoms with Crippen molar-refractivity contribution in [3.63, 3.8) is 0 Å². The van der Waals surface area contributed by atoms with E-state index in [1.807, 2.05) is 6.92 Å². The molecule has 2 unspecified atom stereocenters. The monoisotopic (exact) mass is 183 g/mol. The molecule has 0 spiro atoms. The summed E-state index contributed by atoms with van der Waals surface area (Å²) < 4.78 is 5.24. The predicted octanol–water partition coefficient (Wildman–Crippen LogP) is 0.0924. The zero-order valence-electron chi connectivity index (χ0n) is 7.58. The third-order valence-electron chi connectivity index (χ3n) is 2.04. The Kier molecular flexibility index (Phi) is 3.74. The molecule has 1 rings (SSSR count). The maximum Gasteiger partial charge on any atom is 0.249 e. The van der Waals surface area contributed by atoms with Crippen LogP contribution in [0, 0.1) is 18.3 Å². The maximum atomic E-state index is 11.3. The van der Waals surface area contributed by atoms with E-state index in [1.54, 1.807) is 0 Å². The van der Waals surface area contributed by atoms with Gasteiger partial charge in [0, 0.05) is 6.61 Å².